The number of hydrogen-bond donors (Lipinski definition) is 0. The molecule has 1 aliphatic rings. The Bertz CT molecular complexity index is 788. The zero-order valence-corrected chi connectivity index (χ0v) is 16.2. The van der Waals surface area contributed by atoms with E-state index in [0.717, 1.165) is 25.7 Å². The molecule has 1 aromatic heterocycles. The Balaban J connectivity index is 2.16. The van der Waals surface area contributed by atoms with E-state index < -0.39 is 11.8 Å². The topological polar surface area (TPSA) is 44.1 Å². The van der Waals surface area contributed by atoms with Gasteiger partial charge in [0.25, 0.3) is 0 Å². The lowest BCUT2D eigenvalue weighted by Gasteiger charge is -2.22. The molecule has 1 aliphatic carbocycles. The highest BCUT2D eigenvalue weighted by molar-refractivity contribution is 9.10. The van der Waals surface area contributed by atoms with Gasteiger partial charge in [-0.05, 0) is 47.8 Å². The molecule has 1 fully saturated rings. The van der Waals surface area contributed by atoms with Gasteiger partial charge in [-0.3, -0.25) is 4.57 Å². The fourth-order valence-electron chi connectivity index (χ4n) is 3.28. The van der Waals surface area contributed by atoms with Crippen molar-refractivity contribution in [3.8, 4) is 5.69 Å². The zero-order valence-electron chi connectivity index (χ0n) is 13.9. The number of carbonyl (C=O) groups excluding carboxylic acids is 1. The number of imidazole rings is 1. The molecule has 0 atom stereocenters. The SMILES string of the molecule is CCOC(=O)c1nc(C2CCCCC2)n(-c2cccc(Cl)c2F)c1Br. The number of hydrogen-bond acceptors (Lipinski definition) is 3. The number of ether oxygens (including phenoxy) is 1. The quantitative estimate of drug-likeness (QED) is 0.590. The maximum Gasteiger partial charge on any atom is 0.359 e. The van der Waals surface area contributed by atoms with E-state index in [2.05, 4.69) is 20.9 Å². The highest BCUT2D eigenvalue weighted by Crippen LogP contribution is 2.37. The first-order valence-corrected chi connectivity index (χ1v) is 9.61. The molecular formula is C18H19BrClFN2O2. The number of halogens is 3. The van der Waals surface area contributed by atoms with Gasteiger partial charge in [-0.25, -0.2) is 14.2 Å². The van der Waals surface area contributed by atoms with Gasteiger partial charge in [-0.15, -0.1) is 0 Å². The molecule has 4 nitrogen and oxygen atoms in total. The highest BCUT2D eigenvalue weighted by Gasteiger charge is 2.29. The van der Waals surface area contributed by atoms with Gasteiger partial charge in [-0.1, -0.05) is 36.9 Å². The van der Waals surface area contributed by atoms with E-state index in [1.807, 2.05) is 0 Å². The molecule has 0 bridgehead atoms. The largest absolute Gasteiger partial charge is 0.461 e. The average Bonchev–Trinajstić information content (AvgIpc) is 2.96. The first kappa shape index (κ1) is 18.4. The van der Waals surface area contributed by atoms with E-state index in [0.29, 0.717) is 10.4 Å². The van der Waals surface area contributed by atoms with Crippen molar-refractivity contribution in [2.24, 2.45) is 0 Å². The van der Waals surface area contributed by atoms with Gasteiger partial charge in [0, 0.05) is 5.92 Å². The Labute approximate surface area is 159 Å². The highest BCUT2D eigenvalue weighted by atomic mass is 79.9. The Morgan fingerprint density at radius 3 is 2.80 bits per heavy atom. The molecule has 134 valence electrons. The summed E-state index contributed by atoms with van der Waals surface area (Å²) in [6, 6.07) is 4.81. The molecule has 7 heteroatoms. The minimum Gasteiger partial charge on any atom is -0.461 e. The monoisotopic (exact) mass is 428 g/mol. The van der Waals surface area contributed by atoms with E-state index in [4.69, 9.17) is 16.3 Å². The van der Waals surface area contributed by atoms with Gasteiger partial charge >= 0.3 is 5.97 Å². The minimum absolute atomic E-state index is 0.0328. The normalized spacial score (nSPS) is 15.4. The molecule has 0 amide bonds. The molecule has 25 heavy (non-hydrogen) atoms. The number of carbonyl (C=O) groups is 1. The third-order valence-electron chi connectivity index (χ3n) is 4.46. The van der Waals surface area contributed by atoms with Crippen LogP contribution in [0.3, 0.4) is 0 Å². The van der Waals surface area contributed by atoms with E-state index in [1.165, 1.54) is 12.5 Å². The average molecular weight is 430 g/mol. The molecule has 3 rings (SSSR count). The van der Waals surface area contributed by atoms with Crippen LogP contribution < -0.4 is 0 Å². The third-order valence-corrected chi connectivity index (χ3v) is 5.48. The summed E-state index contributed by atoms with van der Waals surface area (Å²) < 4.78 is 21.8. The van der Waals surface area contributed by atoms with Crippen LogP contribution in [-0.4, -0.2) is 22.1 Å². The van der Waals surface area contributed by atoms with Crippen LogP contribution in [0.5, 0.6) is 0 Å². The summed E-state index contributed by atoms with van der Waals surface area (Å²) in [5.41, 5.74) is 0.449. The summed E-state index contributed by atoms with van der Waals surface area (Å²) in [5.74, 6) is -0.204. The van der Waals surface area contributed by atoms with Crippen LogP contribution in [0.2, 0.25) is 5.02 Å². The molecule has 0 N–H and O–H groups in total. The first-order chi connectivity index (χ1) is 12.0. The van der Waals surface area contributed by atoms with Crippen LogP contribution in [0.25, 0.3) is 5.69 Å². The summed E-state index contributed by atoms with van der Waals surface area (Å²) in [6.07, 6.45) is 5.32. The predicted octanol–water partition coefficient (Wildman–Crippen LogP) is 5.65. The maximum atomic E-state index is 14.7. The van der Waals surface area contributed by atoms with Crippen LogP contribution in [-0.2, 0) is 4.74 Å². The predicted molar refractivity (Wildman–Crippen MR) is 98.0 cm³/mol. The molecule has 0 saturated heterocycles. The summed E-state index contributed by atoms with van der Waals surface area (Å²) in [5, 5.41) is 0.0328. The van der Waals surface area contributed by atoms with Crippen molar-refractivity contribution in [3.63, 3.8) is 0 Å². The number of nitrogens with zero attached hydrogens (tertiary/aromatic N) is 2. The Morgan fingerprint density at radius 1 is 1.40 bits per heavy atom. The fraction of sp³-hybridized carbons (Fsp3) is 0.444. The number of esters is 1. The lowest BCUT2D eigenvalue weighted by atomic mass is 9.88. The van der Waals surface area contributed by atoms with Crippen molar-refractivity contribution in [1.82, 2.24) is 9.55 Å². The molecule has 0 radical (unpaired) electrons. The van der Waals surface area contributed by atoms with Gasteiger partial charge in [0.2, 0.25) is 0 Å². The molecule has 2 aromatic rings. The number of aromatic nitrogens is 2. The van der Waals surface area contributed by atoms with Crippen LogP contribution >= 0.6 is 27.5 Å². The van der Waals surface area contributed by atoms with Crippen LogP contribution in [0, 0.1) is 5.82 Å². The molecule has 0 spiro atoms. The van der Waals surface area contributed by atoms with Gasteiger partial charge in [0.15, 0.2) is 11.5 Å². The Kier molecular flexibility index (Phi) is 5.79. The van der Waals surface area contributed by atoms with Gasteiger partial charge in [0.1, 0.15) is 10.4 Å². The molecular weight excluding hydrogens is 411 g/mol. The molecule has 1 aromatic carbocycles. The van der Waals surface area contributed by atoms with Crippen LogP contribution in [0.1, 0.15) is 61.3 Å². The molecule has 0 unspecified atom stereocenters. The minimum atomic E-state index is -0.533. The first-order valence-electron chi connectivity index (χ1n) is 8.44. The second kappa shape index (κ2) is 7.87. The molecule has 1 heterocycles. The van der Waals surface area contributed by atoms with Crippen LogP contribution in [0.15, 0.2) is 22.8 Å². The molecule has 0 aliphatic heterocycles. The number of rotatable bonds is 4. The second-order valence-electron chi connectivity index (χ2n) is 6.07. The van der Waals surface area contributed by atoms with Crippen molar-refractivity contribution in [2.75, 3.05) is 6.61 Å². The summed E-state index contributed by atoms with van der Waals surface area (Å²) in [7, 11) is 0. The van der Waals surface area contributed by atoms with Crippen molar-refractivity contribution in [3.05, 3.63) is 45.2 Å². The van der Waals surface area contributed by atoms with E-state index in [1.54, 1.807) is 23.6 Å². The van der Waals surface area contributed by atoms with E-state index >= 15 is 0 Å². The Morgan fingerprint density at radius 2 is 2.12 bits per heavy atom. The smallest absolute Gasteiger partial charge is 0.359 e. The van der Waals surface area contributed by atoms with Crippen molar-refractivity contribution < 1.29 is 13.9 Å². The molecule has 1 saturated carbocycles. The second-order valence-corrected chi connectivity index (χ2v) is 7.23. The van der Waals surface area contributed by atoms with Gasteiger partial charge in [0.05, 0.1) is 17.3 Å². The Hall–Kier alpha value is -1.40. The van der Waals surface area contributed by atoms with Gasteiger partial charge in [-0.2, -0.15) is 0 Å². The summed E-state index contributed by atoms with van der Waals surface area (Å²) >= 11 is 9.38. The maximum absolute atomic E-state index is 14.7. The summed E-state index contributed by atoms with van der Waals surface area (Å²) in [6.45, 7) is 1.99. The third kappa shape index (κ3) is 3.60. The van der Waals surface area contributed by atoms with Crippen molar-refractivity contribution in [2.45, 2.75) is 44.9 Å². The number of benzene rings is 1. The van der Waals surface area contributed by atoms with Crippen LogP contribution in [0.4, 0.5) is 4.39 Å². The van der Waals surface area contributed by atoms with E-state index in [-0.39, 0.29) is 28.9 Å². The van der Waals surface area contributed by atoms with Gasteiger partial charge < -0.3 is 4.74 Å². The summed E-state index contributed by atoms with van der Waals surface area (Å²) in [4.78, 5) is 16.8. The lowest BCUT2D eigenvalue weighted by Crippen LogP contribution is -2.12. The van der Waals surface area contributed by atoms with Crippen molar-refractivity contribution >= 4 is 33.5 Å². The fourth-order valence-corrected chi connectivity index (χ4v) is 4.07. The standard InChI is InChI=1S/C18H19BrClFN2O2/c1-2-25-18(24)15-16(19)23(13-10-6-9-12(20)14(13)21)17(22-15)11-7-4-3-5-8-11/h6,9-11H,2-5,7-8H2,1H3. The zero-order chi connectivity index (χ0) is 18.0. The van der Waals surface area contributed by atoms with E-state index in [9.17, 15) is 9.18 Å². The van der Waals surface area contributed by atoms with Crippen molar-refractivity contribution in [1.29, 1.82) is 0 Å². The lowest BCUT2D eigenvalue weighted by molar-refractivity contribution is 0.0518.